The molecule has 0 amide bonds. The topological polar surface area (TPSA) is 54.7 Å². The second kappa shape index (κ2) is 4.49. The van der Waals surface area contributed by atoms with Gasteiger partial charge in [-0.3, -0.25) is 0 Å². The Morgan fingerprint density at radius 1 is 1.35 bits per heavy atom. The maximum atomic E-state index is 6.21. The average molecular weight is 231 g/mol. The Morgan fingerprint density at radius 2 is 2.06 bits per heavy atom. The lowest BCUT2D eigenvalue weighted by molar-refractivity contribution is 0.442. The summed E-state index contributed by atoms with van der Waals surface area (Å²) in [7, 11) is 0. The van der Waals surface area contributed by atoms with Crippen LogP contribution in [0.5, 0.6) is 0 Å². The number of H-pyrrole nitrogens is 1. The summed E-state index contributed by atoms with van der Waals surface area (Å²) < 4.78 is 0. The largest absolute Gasteiger partial charge is 0.341 e. The van der Waals surface area contributed by atoms with Gasteiger partial charge in [-0.2, -0.15) is 0 Å². The van der Waals surface area contributed by atoms with Crippen molar-refractivity contribution in [1.29, 1.82) is 0 Å². The number of nitrogens with zero attached hydrogens (tertiary/aromatic N) is 1. The summed E-state index contributed by atoms with van der Waals surface area (Å²) in [6, 6.07) is 4.27. The molecule has 0 aliphatic carbocycles. The number of hydrogen-bond donors (Lipinski definition) is 2. The van der Waals surface area contributed by atoms with E-state index in [9.17, 15) is 0 Å². The minimum atomic E-state index is -0.00731. The van der Waals surface area contributed by atoms with Crippen molar-refractivity contribution < 1.29 is 0 Å². The third-order valence-corrected chi connectivity index (χ3v) is 3.51. The van der Waals surface area contributed by atoms with Crippen LogP contribution in [-0.4, -0.2) is 9.97 Å². The number of benzene rings is 1. The molecule has 0 fully saturated rings. The van der Waals surface area contributed by atoms with E-state index in [-0.39, 0.29) is 6.04 Å². The highest BCUT2D eigenvalue weighted by Crippen LogP contribution is 2.24. The van der Waals surface area contributed by atoms with E-state index in [1.807, 2.05) is 0 Å². The maximum absolute atomic E-state index is 6.21. The highest BCUT2D eigenvalue weighted by atomic mass is 15.0. The standard InChI is InChI=1S/C14H21N3/c1-5-9(3)12(15)14-16-11-7-8(2)6-10(4)13(11)17-14/h6-7,9,12H,5,15H2,1-4H3,(H,16,17). The summed E-state index contributed by atoms with van der Waals surface area (Å²) in [4.78, 5) is 8.00. The van der Waals surface area contributed by atoms with Crippen LogP contribution in [0.3, 0.4) is 0 Å². The quantitative estimate of drug-likeness (QED) is 0.852. The lowest BCUT2D eigenvalue weighted by Crippen LogP contribution is -2.19. The molecule has 3 nitrogen and oxygen atoms in total. The lowest BCUT2D eigenvalue weighted by Gasteiger charge is -2.15. The summed E-state index contributed by atoms with van der Waals surface area (Å²) >= 11 is 0. The van der Waals surface area contributed by atoms with E-state index >= 15 is 0 Å². The number of imidazole rings is 1. The van der Waals surface area contributed by atoms with Crippen LogP contribution in [0.15, 0.2) is 12.1 Å². The molecule has 0 spiro atoms. The Balaban J connectivity index is 2.48. The molecule has 0 saturated carbocycles. The van der Waals surface area contributed by atoms with Gasteiger partial charge in [0.25, 0.3) is 0 Å². The fourth-order valence-corrected chi connectivity index (χ4v) is 2.17. The van der Waals surface area contributed by atoms with Crippen molar-refractivity contribution >= 4 is 11.0 Å². The first-order valence-corrected chi connectivity index (χ1v) is 6.25. The number of nitrogens with two attached hydrogens (primary N) is 1. The van der Waals surface area contributed by atoms with Crippen molar-refractivity contribution in [2.24, 2.45) is 11.7 Å². The zero-order valence-electron chi connectivity index (χ0n) is 11.0. The van der Waals surface area contributed by atoms with Crippen molar-refractivity contribution in [1.82, 2.24) is 9.97 Å². The first-order chi connectivity index (χ1) is 8.02. The van der Waals surface area contributed by atoms with Gasteiger partial charge in [-0.15, -0.1) is 0 Å². The molecular weight excluding hydrogens is 210 g/mol. The lowest BCUT2D eigenvalue weighted by atomic mass is 10.00. The van der Waals surface area contributed by atoms with Crippen LogP contribution in [0.2, 0.25) is 0 Å². The molecule has 1 heterocycles. The summed E-state index contributed by atoms with van der Waals surface area (Å²) in [5, 5.41) is 0. The molecule has 3 N–H and O–H groups in total. The number of aryl methyl sites for hydroxylation is 2. The Bertz CT molecular complexity index is 527. The van der Waals surface area contributed by atoms with Crippen LogP contribution >= 0.6 is 0 Å². The molecule has 0 bridgehead atoms. The van der Waals surface area contributed by atoms with Crippen molar-refractivity contribution in [2.75, 3.05) is 0 Å². The number of aromatic amines is 1. The molecule has 2 unspecified atom stereocenters. The van der Waals surface area contributed by atoms with E-state index < -0.39 is 0 Å². The first-order valence-electron chi connectivity index (χ1n) is 6.25. The number of fused-ring (bicyclic) bond motifs is 1. The third-order valence-electron chi connectivity index (χ3n) is 3.51. The maximum Gasteiger partial charge on any atom is 0.124 e. The molecule has 0 aliphatic rings. The van der Waals surface area contributed by atoms with Gasteiger partial charge in [0.1, 0.15) is 5.82 Å². The second-order valence-corrected chi connectivity index (χ2v) is 5.01. The molecular formula is C14H21N3. The molecule has 1 aromatic carbocycles. The Labute approximate surface area is 102 Å². The van der Waals surface area contributed by atoms with E-state index in [2.05, 4.69) is 49.8 Å². The van der Waals surface area contributed by atoms with Crippen molar-refractivity contribution in [3.05, 3.63) is 29.1 Å². The highest BCUT2D eigenvalue weighted by molar-refractivity contribution is 5.79. The molecule has 0 saturated heterocycles. The minimum absolute atomic E-state index is 0.00731. The molecule has 0 aliphatic heterocycles. The fourth-order valence-electron chi connectivity index (χ4n) is 2.17. The van der Waals surface area contributed by atoms with E-state index in [1.54, 1.807) is 0 Å². The fraction of sp³-hybridized carbons (Fsp3) is 0.500. The first kappa shape index (κ1) is 12.1. The molecule has 2 rings (SSSR count). The highest BCUT2D eigenvalue weighted by Gasteiger charge is 2.17. The van der Waals surface area contributed by atoms with Gasteiger partial charge in [0.15, 0.2) is 0 Å². The van der Waals surface area contributed by atoms with Gasteiger partial charge >= 0.3 is 0 Å². The van der Waals surface area contributed by atoms with Crippen LogP contribution in [-0.2, 0) is 0 Å². The van der Waals surface area contributed by atoms with Crippen LogP contribution in [0.1, 0.15) is 43.3 Å². The zero-order valence-corrected chi connectivity index (χ0v) is 11.0. The van der Waals surface area contributed by atoms with Crippen molar-refractivity contribution in [3.63, 3.8) is 0 Å². The smallest absolute Gasteiger partial charge is 0.124 e. The van der Waals surface area contributed by atoms with Gasteiger partial charge in [0.2, 0.25) is 0 Å². The van der Waals surface area contributed by atoms with Gasteiger partial charge in [0, 0.05) is 0 Å². The summed E-state index contributed by atoms with van der Waals surface area (Å²) in [5.41, 5.74) is 10.8. The number of aromatic nitrogens is 2. The summed E-state index contributed by atoms with van der Waals surface area (Å²) in [6.07, 6.45) is 1.07. The van der Waals surface area contributed by atoms with Crippen LogP contribution in [0, 0.1) is 19.8 Å². The van der Waals surface area contributed by atoms with Gasteiger partial charge in [-0.25, -0.2) is 4.98 Å². The van der Waals surface area contributed by atoms with Gasteiger partial charge in [-0.1, -0.05) is 26.3 Å². The zero-order chi connectivity index (χ0) is 12.6. The van der Waals surface area contributed by atoms with Crippen molar-refractivity contribution in [2.45, 2.75) is 40.2 Å². The Hall–Kier alpha value is -1.35. The molecule has 2 aromatic rings. The van der Waals surface area contributed by atoms with Crippen LogP contribution < -0.4 is 5.73 Å². The van der Waals surface area contributed by atoms with E-state index in [1.165, 1.54) is 11.1 Å². The second-order valence-electron chi connectivity index (χ2n) is 5.01. The summed E-state index contributed by atoms with van der Waals surface area (Å²) in [6.45, 7) is 8.51. The van der Waals surface area contributed by atoms with Gasteiger partial charge in [-0.05, 0) is 37.0 Å². The van der Waals surface area contributed by atoms with Crippen LogP contribution in [0.4, 0.5) is 0 Å². The molecule has 1 aromatic heterocycles. The Kier molecular flexibility index (Phi) is 3.20. The predicted octanol–water partition coefficient (Wildman–Crippen LogP) is 3.23. The third kappa shape index (κ3) is 2.20. The predicted molar refractivity (Wildman–Crippen MR) is 72.0 cm³/mol. The monoisotopic (exact) mass is 231 g/mol. The van der Waals surface area contributed by atoms with Crippen molar-refractivity contribution in [3.8, 4) is 0 Å². The molecule has 2 atom stereocenters. The van der Waals surface area contributed by atoms with Crippen LogP contribution in [0.25, 0.3) is 11.0 Å². The number of rotatable bonds is 3. The number of hydrogen-bond acceptors (Lipinski definition) is 2. The molecule has 0 radical (unpaired) electrons. The van der Waals surface area contributed by atoms with Gasteiger partial charge < -0.3 is 10.7 Å². The molecule has 92 valence electrons. The van der Waals surface area contributed by atoms with E-state index in [0.717, 1.165) is 23.3 Å². The normalized spacial score (nSPS) is 15.1. The number of nitrogens with one attached hydrogen (secondary N) is 1. The Morgan fingerprint density at radius 3 is 2.71 bits per heavy atom. The average Bonchev–Trinajstić information content (AvgIpc) is 2.70. The molecule has 3 heteroatoms. The minimum Gasteiger partial charge on any atom is -0.341 e. The SMILES string of the molecule is CCC(C)C(N)c1nc2c(C)cc(C)cc2[nH]1. The van der Waals surface area contributed by atoms with E-state index in [4.69, 9.17) is 5.73 Å². The summed E-state index contributed by atoms with van der Waals surface area (Å²) in [5.74, 6) is 1.35. The van der Waals surface area contributed by atoms with Gasteiger partial charge in [0.05, 0.1) is 17.1 Å². The molecule has 17 heavy (non-hydrogen) atoms. The van der Waals surface area contributed by atoms with E-state index in [0.29, 0.717) is 5.92 Å².